The standard InChI is InChI=1S/C19H17BrClN3O4S/c20-18-12-11-16(19(22)25)28-15(12)6-5-14(18)23-7-9-24(10-8-23)29(26,27)17-4-2-1-3-13(17)21/h1-6,11H,7-10H2,(H2,22,25). The maximum absolute atomic E-state index is 12.9. The maximum Gasteiger partial charge on any atom is 0.284 e. The van der Waals surface area contributed by atoms with E-state index in [-0.39, 0.29) is 15.7 Å². The van der Waals surface area contributed by atoms with Gasteiger partial charge in [-0.2, -0.15) is 4.31 Å². The number of primary amides is 1. The van der Waals surface area contributed by atoms with Gasteiger partial charge >= 0.3 is 0 Å². The molecular formula is C19H17BrClN3O4S. The minimum atomic E-state index is -3.65. The molecule has 2 N–H and O–H groups in total. The number of nitrogens with two attached hydrogens (primary N) is 1. The predicted octanol–water partition coefficient (Wildman–Crippen LogP) is 3.46. The molecule has 1 aromatic heterocycles. The van der Waals surface area contributed by atoms with Crippen molar-refractivity contribution >= 4 is 60.1 Å². The summed E-state index contributed by atoms with van der Waals surface area (Å²) < 4.78 is 33.5. The van der Waals surface area contributed by atoms with Crippen LogP contribution in [0.2, 0.25) is 5.02 Å². The van der Waals surface area contributed by atoms with Crippen LogP contribution in [0.4, 0.5) is 5.69 Å². The van der Waals surface area contributed by atoms with Gasteiger partial charge < -0.3 is 15.1 Å². The van der Waals surface area contributed by atoms with E-state index in [4.69, 9.17) is 21.8 Å². The summed E-state index contributed by atoms with van der Waals surface area (Å²) in [5, 5.41) is 0.954. The van der Waals surface area contributed by atoms with Crippen molar-refractivity contribution in [1.29, 1.82) is 0 Å². The van der Waals surface area contributed by atoms with E-state index in [0.29, 0.717) is 31.8 Å². The predicted molar refractivity (Wildman–Crippen MR) is 115 cm³/mol. The van der Waals surface area contributed by atoms with Crippen LogP contribution in [0.1, 0.15) is 10.6 Å². The van der Waals surface area contributed by atoms with Crippen LogP contribution in [-0.2, 0) is 10.0 Å². The first-order valence-electron chi connectivity index (χ1n) is 8.80. The Hall–Kier alpha value is -2.07. The Bertz CT molecular complexity index is 1200. The van der Waals surface area contributed by atoms with Crippen molar-refractivity contribution in [3.63, 3.8) is 0 Å². The number of nitrogens with zero attached hydrogens (tertiary/aromatic N) is 2. The zero-order chi connectivity index (χ0) is 20.8. The lowest BCUT2D eigenvalue weighted by Crippen LogP contribution is -2.48. The highest BCUT2D eigenvalue weighted by molar-refractivity contribution is 9.10. The summed E-state index contributed by atoms with van der Waals surface area (Å²) >= 11 is 9.67. The summed E-state index contributed by atoms with van der Waals surface area (Å²) in [5.41, 5.74) is 6.74. The van der Waals surface area contributed by atoms with Crippen LogP contribution in [0, 0.1) is 0 Å². The number of furan rings is 1. The molecule has 0 saturated carbocycles. The van der Waals surface area contributed by atoms with E-state index >= 15 is 0 Å². The molecule has 29 heavy (non-hydrogen) atoms. The fourth-order valence-electron chi connectivity index (χ4n) is 3.39. The Kier molecular flexibility index (Phi) is 5.32. The highest BCUT2D eigenvalue weighted by Crippen LogP contribution is 2.36. The third-order valence-electron chi connectivity index (χ3n) is 4.89. The van der Waals surface area contributed by atoms with Gasteiger partial charge in [-0.15, -0.1) is 0 Å². The van der Waals surface area contributed by atoms with Gasteiger partial charge in [-0.3, -0.25) is 4.79 Å². The van der Waals surface area contributed by atoms with E-state index in [0.717, 1.165) is 15.5 Å². The number of halogens is 2. The molecule has 0 unspecified atom stereocenters. The van der Waals surface area contributed by atoms with Gasteiger partial charge in [-0.25, -0.2) is 8.42 Å². The summed E-state index contributed by atoms with van der Waals surface area (Å²) in [6.07, 6.45) is 0. The number of hydrogen-bond acceptors (Lipinski definition) is 5. The zero-order valence-corrected chi connectivity index (χ0v) is 18.3. The molecule has 1 saturated heterocycles. The van der Waals surface area contributed by atoms with Crippen LogP contribution in [0.5, 0.6) is 0 Å². The third-order valence-corrected chi connectivity index (χ3v) is 8.12. The summed E-state index contributed by atoms with van der Waals surface area (Å²) in [7, 11) is -3.65. The SMILES string of the molecule is NC(=O)c1cc2c(Br)c(N3CCN(S(=O)(=O)c4ccccc4Cl)CC3)ccc2o1. The molecule has 152 valence electrons. The lowest BCUT2D eigenvalue weighted by Gasteiger charge is -2.36. The van der Waals surface area contributed by atoms with Gasteiger partial charge in [0.2, 0.25) is 10.0 Å². The maximum atomic E-state index is 12.9. The number of fused-ring (bicyclic) bond motifs is 1. The fourth-order valence-corrected chi connectivity index (χ4v) is 6.00. The van der Waals surface area contributed by atoms with Gasteiger partial charge in [0.1, 0.15) is 10.5 Å². The number of amides is 1. The molecule has 4 rings (SSSR count). The molecule has 1 aliphatic heterocycles. The van der Waals surface area contributed by atoms with E-state index in [1.165, 1.54) is 10.4 Å². The van der Waals surface area contributed by atoms with Crippen molar-refractivity contribution in [2.75, 3.05) is 31.1 Å². The van der Waals surface area contributed by atoms with Gasteiger partial charge in [0.15, 0.2) is 5.76 Å². The number of carbonyl (C=O) groups is 1. The van der Waals surface area contributed by atoms with E-state index in [1.807, 2.05) is 6.07 Å². The van der Waals surface area contributed by atoms with Gasteiger partial charge in [0.05, 0.1) is 15.2 Å². The normalized spacial score (nSPS) is 15.7. The average molecular weight is 499 g/mol. The molecule has 0 spiro atoms. The van der Waals surface area contributed by atoms with E-state index in [2.05, 4.69) is 20.8 Å². The first-order chi connectivity index (χ1) is 13.8. The van der Waals surface area contributed by atoms with E-state index in [9.17, 15) is 13.2 Å². The third kappa shape index (κ3) is 3.63. The number of rotatable bonds is 4. The van der Waals surface area contributed by atoms with Crippen molar-refractivity contribution in [3.05, 3.63) is 57.7 Å². The molecule has 2 heterocycles. The van der Waals surface area contributed by atoms with Gasteiger partial charge in [0, 0.05) is 31.6 Å². The number of benzene rings is 2. The second-order valence-electron chi connectivity index (χ2n) is 6.61. The summed E-state index contributed by atoms with van der Waals surface area (Å²) in [6, 6.07) is 11.7. The lowest BCUT2D eigenvalue weighted by molar-refractivity contribution is 0.0976. The zero-order valence-electron chi connectivity index (χ0n) is 15.1. The minimum absolute atomic E-state index is 0.0912. The second kappa shape index (κ2) is 7.64. The van der Waals surface area contributed by atoms with Crippen molar-refractivity contribution in [2.45, 2.75) is 4.90 Å². The molecule has 7 nitrogen and oxygen atoms in total. The Morgan fingerprint density at radius 2 is 1.79 bits per heavy atom. The van der Waals surface area contributed by atoms with Gasteiger partial charge in [0.25, 0.3) is 5.91 Å². The van der Waals surface area contributed by atoms with E-state index in [1.54, 1.807) is 30.3 Å². The minimum Gasteiger partial charge on any atom is -0.451 e. The molecule has 1 fully saturated rings. The molecule has 2 aromatic carbocycles. The van der Waals surface area contributed by atoms with Crippen LogP contribution < -0.4 is 10.6 Å². The Morgan fingerprint density at radius 1 is 1.10 bits per heavy atom. The Labute approximate surface area is 181 Å². The number of piperazine rings is 1. The van der Waals surface area contributed by atoms with Gasteiger partial charge in [-0.1, -0.05) is 23.7 Å². The summed E-state index contributed by atoms with van der Waals surface area (Å²) in [4.78, 5) is 13.6. The van der Waals surface area contributed by atoms with Crippen LogP contribution >= 0.6 is 27.5 Å². The average Bonchev–Trinajstić information content (AvgIpc) is 3.14. The smallest absolute Gasteiger partial charge is 0.284 e. The molecule has 0 radical (unpaired) electrons. The van der Waals surface area contributed by atoms with Crippen molar-refractivity contribution in [2.24, 2.45) is 5.73 Å². The largest absolute Gasteiger partial charge is 0.451 e. The van der Waals surface area contributed by atoms with Crippen LogP contribution in [-0.4, -0.2) is 44.8 Å². The first-order valence-corrected chi connectivity index (χ1v) is 11.4. The molecule has 3 aromatic rings. The number of anilines is 1. The summed E-state index contributed by atoms with van der Waals surface area (Å²) in [5.74, 6) is -0.540. The molecule has 0 bridgehead atoms. The first kappa shape index (κ1) is 20.2. The highest BCUT2D eigenvalue weighted by Gasteiger charge is 2.30. The van der Waals surface area contributed by atoms with Crippen LogP contribution in [0.3, 0.4) is 0 Å². The Morgan fingerprint density at radius 3 is 2.45 bits per heavy atom. The monoisotopic (exact) mass is 497 g/mol. The van der Waals surface area contributed by atoms with E-state index < -0.39 is 15.9 Å². The molecule has 0 atom stereocenters. The fraction of sp³-hybridized carbons (Fsp3) is 0.211. The van der Waals surface area contributed by atoms with Gasteiger partial charge in [-0.05, 0) is 46.3 Å². The molecule has 1 aliphatic rings. The summed E-state index contributed by atoms with van der Waals surface area (Å²) in [6.45, 7) is 1.68. The number of sulfonamides is 1. The van der Waals surface area contributed by atoms with Crippen LogP contribution in [0.15, 0.2) is 56.2 Å². The molecule has 0 aliphatic carbocycles. The number of carbonyl (C=O) groups excluding carboxylic acids is 1. The lowest BCUT2D eigenvalue weighted by atomic mass is 10.2. The molecule has 10 heteroatoms. The molecular weight excluding hydrogens is 482 g/mol. The topological polar surface area (TPSA) is 96.9 Å². The second-order valence-corrected chi connectivity index (χ2v) is 9.71. The Balaban J connectivity index is 1.56. The van der Waals surface area contributed by atoms with Crippen molar-refractivity contribution < 1.29 is 17.6 Å². The molecule has 1 amide bonds. The highest BCUT2D eigenvalue weighted by atomic mass is 79.9. The number of hydrogen-bond donors (Lipinski definition) is 1. The van der Waals surface area contributed by atoms with Crippen molar-refractivity contribution in [3.8, 4) is 0 Å². The van der Waals surface area contributed by atoms with Crippen LogP contribution in [0.25, 0.3) is 11.0 Å². The van der Waals surface area contributed by atoms with Crippen molar-refractivity contribution in [1.82, 2.24) is 4.31 Å². The quantitative estimate of drug-likeness (QED) is 0.594.